The molecule has 0 spiro atoms. The van der Waals surface area contributed by atoms with Crippen LogP contribution in [0.25, 0.3) is 0 Å². The summed E-state index contributed by atoms with van der Waals surface area (Å²) in [4.78, 5) is 13.5. The van der Waals surface area contributed by atoms with Gasteiger partial charge in [0.25, 0.3) is 0 Å². The molecule has 2 rings (SSSR count). The number of amides is 1. The molecule has 1 amide bonds. The van der Waals surface area contributed by atoms with Crippen LogP contribution in [0.4, 0.5) is 5.69 Å². The quantitative estimate of drug-likeness (QED) is 0.685. The fourth-order valence-electron chi connectivity index (χ4n) is 1.64. The molecule has 16 heavy (non-hydrogen) atoms. The minimum absolute atomic E-state index is 0.0986. The molecule has 88 valence electrons. The van der Waals surface area contributed by atoms with Crippen molar-refractivity contribution in [2.24, 2.45) is 0 Å². The highest BCUT2D eigenvalue weighted by atomic mass is 31.1. The third-order valence-electron chi connectivity index (χ3n) is 2.43. The lowest BCUT2D eigenvalue weighted by atomic mass is 10.2. The first-order valence-electron chi connectivity index (χ1n) is 5.72. The van der Waals surface area contributed by atoms with Gasteiger partial charge in [-0.15, -0.1) is 0 Å². The molecule has 1 atom stereocenters. The zero-order valence-electron chi connectivity index (χ0n) is 10.5. The molecule has 0 radical (unpaired) electrons. The van der Waals surface area contributed by atoms with Crippen LogP contribution in [0.15, 0.2) is 24.3 Å². The lowest BCUT2D eigenvalue weighted by Gasteiger charge is -2.15. The monoisotopic (exact) mass is 237 g/mol. The first-order chi connectivity index (χ1) is 7.66. The van der Waals surface area contributed by atoms with Gasteiger partial charge in [-0.25, -0.2) is 0 Å². The molecule has 0 N–H and O–H groups in total. The van der Waals surface area contributed by atoms with Gasteiger partial charge in [-0.05, 0) is 25.7 Å². The molecule has 0 bridgehead atoms. The average molecular weight is 237 g/mol. The van der Waals surface area contributed by atoms with Gasteiger partial charge < -0.3 is 4.90 Å². The molecular formula is C13H20NOP. The predicted octanol–water partition coefficient (Wildman–Crippen LogP) is 3.44. The van der Waals surface area contributed by atoms with Crippen molar-refractivity contribution >= 4 is 19.5 Å². The minimum Gasteiger partial charge on any atom is -0.308 e. The zero-order valence-corrected chi connectivity index (χ0v) is 11.4. The van der Waals surface area contributed by atoms with Gasteiger partial charge in [0.15, 0.2) is 0 Å². The smallest absolute Gasteiger partial charge is 0.231 e. The van der Waals surface area contributed by atoms with E-state index in [4.69, 9.17) is 0 Å². The second-order valence-electron chi connectivity index (χ2n) is 3.81. The summed E-state index contributed by atoms with van der Waals surface area (Å²) in [7, 11) is -0.0986. The number of anilines is 1. The van der Waals surface area contributed by atoms with Gasteiger partial charge in [0.05, 0.1) is 0 Å². The van der Waals surface area contributed by atoms with Crippen molar-refractivity contribution in [3.8, 4) is 0 Å². The summed E-state index contributed by atoms with van der Waals surface area (Å²) < 4.78 is 0. The number of nitrogens with zero attached hydrogens (tertiary/aromatic N) is 1. The molecule has 3 heteroatoms. The van der Waals surface area contributed by atoms with Crippen LogP contribution in [0, 0.1) is 6.92 Å². The van der Waals surface area contributed by atoms with Crippen molar-refractivity contribution in [2.45, 2.75) is 20.8 Å². The standard InChI is InChI=1S/C11H14NOP.C2H6/c1-9-3-5-10(6-4-9)12-8-14(2)7-11(12)13;1-2/h3-6H,7-8H2,1-2H3;1-2H3. The van der Waals surface area contributed by atoms with E-state index in [0.717, 1.165) is 18.1 Å². The van der Waals surface area contributed by atoms with Crippen molar-refractivity contribution in [1.82, 2.24) is 0 Å². The van der Waals surface area contributed by atoms with Crippen LogP contribution in [0.1, 0.15) is 19.4 Å². The average Bonchev–Trinajstić information content (AvgIpc) is 2.62. The van der Waals surface area contributed by atoms with Crippen LogP contribution in [-0.4, -0.2) is 25.0 Å². The molecule has 1 aromatic carbocycles. The van der Waals surface area contributed by atoms with Crippen LogP contribution in [0.5, 0.6) is 0 Å². The summed E-state index contributed by atoms with van der Waals surface area (Å²) in [5, 5.41) is 0. The maximum absolute atomic E-state index is 11.6. The second kappa shape index (κ2) is 6.00. The number of hydrogen-bond donors (Lipinski definition) is 0. The number of carbonyl (C=O) groups excluding carboxylic acids is 1. The molecule has 0 aromatic heterocycles. The summed E-state index contributed by atoms with van der Waals surface area (Å²) in [5.41, 5.74) is 2.28. The Morgan fingerprint density at radius 1 is 1.19 bits per heavy atom. The van der Waals surface area contributed by atoms with E-state index in [0.29, 0.717) is 0 Å². The fourth-order valence-corrected chi connectivity index (χ4v) is 3.17. The van der Waals surface area contributed by atoms with Crippen LogP contribution in [-0.2, 0) is 4.79 Å². The van der Waals surface area contributed by atoms with E-state index in [-0.39, 0.29) is 13.8 Å². The molecule has 1 aromatic rings. The van der Waals surface area contributed by atoms with Crippen LogP contribution in [0.3, 0.4) is 0 Å². The van der Waals surface area contributed by atoms with Crippen molar-refractivity contribution in [1.29, 1.82) is 0 Å². The summed E-state index contributed by atoms with van der Waals surface area (Å²) in [6.45, 7) is 8.24. The van der Waals surface area contributed by atoms with E-state index < -0.39 is 0 Å². The highest BCUT2D eigenvalue weighted by Crippen LogP contribution is 2.39. The van der Waals surface area contributed by atoms with E-state index in [2.05, 4.69) is 25.7 Å². The SMILES string of the molecule is CC.Cc1ccc(N2CP(C)CC2=O)cc1. The van der Waals surface area contributed by atoms with Crippen LogP contribution < -0.4 is 4.90 Å². The zero-order chi connectivity index (χ0) is 12.1. The van der Waals surface area contributed by atoms with Gasteiger partial charge in [0, 0.05) is 18.1 Å². The maximum Gasteiger partial charge on any atom is 0.231 e. The highest BCUT2D eigenvalue weighted by molar-refractivity contribution is 7.58. The Morgan fingerprint density at radius 3 is 2.19 bits per heavy atom. The number of aryl methyl sites for hydroxylation is 1. The molecule has 1 heterocycles. The lowest BCUT2D eigenvalue weighted by molar-refractivity contribution is -0.115. The van der Waals surface area contributed by atoms with Crippen molar-refractivity contribution in [3.63, 3.8) is 0 Å². The fraction of sp³-hybridized carbons (Fsp3) is 0.462. The lowest BCUT2D eigenvalue weighted by Crippen LogP contribution is -2.24. The largest absolute Gasteiger partial charge is 0.308 e. The van der Waals surface area contributed by atoms with E-state index in [9.17, 15) is 4.79 Å². The second-order valence-corrected chi connectivity index (χ2v) is 6.12. The molecule has 1 unspecified atom stereocenters. The minimum atomic E-state index is -0.0986. The molecular weight excluding hydrogens is 217 g/mol. The van der Waals surface area contributed by atoms with E-state index in [1.54, 1.807) is 0 Å². The summed E-state index contributed by atoms with van der Waals surface area (Å²) in [5.74, 6) is 0.280. The predicted molar refractivity (Wildman–Crippen MR) is 72.6 cm³/mol. The molecule has 2 nitrogen and oxygen atoms in total. The van der Waals surface area contributed by atoms with E-state index in [1.807, 2.05) is 30.9 Å². The summed E-state index contributed by atoms with van der Waals surface area (Å²) >= 11 is 0. The molecule has 0 aliphatic carbocycles. The van der Waals surface area contributed by atoms with Crippen molar-refractivity contribution in [2.75, 3.05) is 24.0 Å². The third kappa shape index (κ3) is 3.05. The number of benzene rings is 1. The van der Waals surface area contributed by atoms with Gasteiger partial charge in [0.1, 0.15) is 0 Å². The van der Waals surface area contributed by atoms with E-state index in [1.165, 1.54) is 5.56 Å². The summed E-state index contributed by atoms with van der Waals surface area (Å²) in [6, 6.07) is 8.17. The first-order valence-corrected chi connectivity index (χ1v) is 7.88. The maximum atomic E-state index is 11.6. The van der Waals surface area contributed by atoms with Crippen molar-refractivity contribution < 1.29 is 4.79 Å². The molecule has 1 fully saturated rings. The van der Waals surface area contributed by atoms with Gasteiger partial charge >= 0.3 is 0 Å². The van der Waals surface area contributed by atoms with Gasteiger partial charge in [-0.3, -0.25) is 4.79 Å². The third-order valence-corrected chi connectivity index (χ3v) is 4.01. The Kier molecular flexibility index (Phi) is 4.95. The number of carbonyl (C=O) groups is 1. The number of rotatable bonds is 1. The van der Waals surface area contributed by atoms with Gasteiger partial charge in [0.2, 0.25) is 5.91 Å². The Labute approximate surface area is 99.4 Å². The Bertz CT molecular complexity index is 347. The first kappa shape index (κ1) is 13.2. The Morgan fingerprint density at radius 2 is 1.75 bits per heavy atom. The van der Waals surface area contributed by atoms with Crippen LogP contribution >= 0.6 is 7.92 Å². The molecule has 1 saturated heterocycles. The summed E-state index contributed by atoms with van der Waals surface area (Å²) in [6.07, 6.45) is 1.68. The Hall–Kier alpha value is -0.880. The molecule has 0 saturated carbocycles. The van der Waals surface area contributed by atoms with Crippen LogP contribution in [0.2, 0.25) is 0 Å². The normalized spacial score (nSPS) is 19.4. The van der Waals surface area contributed by atoms with Gasteiger partial charge in [-0.2, -0.15) is 0 Å². The topological polar surface area (TPSA) is 20.3 Å². The Balaban J connectivity index is 0.000000606. The van der Waals surface area contributed by atoms with Crippen molar-refractivity contribution in [3.05, 3.63) is 29.8 Å². The van der Waals surface area contributed by atoms with E-state index >= 15 is 0 Å². The number of hydrogen-bond acceptors (Lipinski definition) is 1. The molecule has 1 aliphatic rings. The highest BCUT2D eigenvalue weighted by Gasteiger charge is 2.26. The van der Waals surface area contributed by atoms with Gasteiger partial charge in [-0.1, -0.05) is 39.5 Å². The molecule has 1 aliphatic heterocycles.